The fourth-order valence-corrected chi connectivity index (χ4v) is 6.75. The van der Waals surface area contributed by atoms with E-state index in [1.54, 1.807) is 6.08 Å². The third kappa shape index (κ3) is 41.4. The monoisotopic (exact) mass is 796 g/mol. The Morgan fingerprint density at radius 1 is 0.600 bits per heavy atom. The SMILES string of the molecule is CCCCC/C=C/C/C=C/CCCCCCCCCCCC(=O)OC[C@H](COP(=O)(O)OCCN)OC(=O)/C=C/C=C/CCCCCCCCCCCCC. The first-order valence-electron chi connectivity index (χ1n) is 22.2. The summed E-state index contributed by atoms with van der Waals surface area (Å²) in [6.45, 7) is 3.58. The standard InChI is InChI=1S/C45H82NO8P/c1-3-5-7-9-11-13-15-17-19-20-21-22-24-25-27-29-31-33-35-37-44(47)51-41-43(42-53-55(49,50)52-40-39-46)54-45(48)38-36-34-32-30-28-26-23-18-16-14-12-10-8-6-4-2/h11,13,17,19,32,34,36,38,43H,3-10,12,14-16,18,20-31,33,35,37,39-42,46H2,1-2H3,(H,49,50)/b13-11+,19-17+,34-32+,38-36+/t43-/m1/s1. The van der Waals surface area contributed by atoms with Crippen LogP contribution in [0.4, 0.5) is 0 Å². The summed E-state index contributed by atoms with van der Waals surface area (Å²) in [6, 6.07) is 0. The molecule has 0 saturated heterocycles. The van der Waals surface area contributed by atoms with Crippen LogP contribution in [0.2, 0.25) is 0 Å². The number of esters is 2. The van der Waals surface area contributed by atoms with E-state index in [1.165, 1.54) is 128 Å². The van der Waals surface area contributed by atoms with Crippen molar-refractivity contribution in [3.05, 3.63) is 48.6 Å². The van der Waals surface area contributed by atoms with E-state index in [-0.39, 0.29) is 26.2 Å². The maximum Gasteiger partial charge on any atom is 0.472 e. The molecule has 0 aromatic carbocycles. The Labute approximate surface area is 336 Å². The first-order valence-corrected chi connectivity index (χ1v) is 23.7. The molecule has 0 rings (SSSR count). The van der Waals surface area contributed by atoms with E-state index in [1.807, 2.05) is 12.2 Å². The molecule has 0 amide bonds. The highest BCUT2D eigenvalue weighted by Gasteiger charge is 2.25. The molecule has 0 aliphatic carbocycles. The van der Waals surface area contributed by atoms with Gasteiger partial charge in [0.2, 0.25) is 0 Å². The highest BCUT2D eigenvalue weighted by molar-refractivity contribution is 7.47. The maximum absolute atomic E-state index is 12.5. The smallest absolute Gasteiger partial charge is 0.462 e. The van der Waals surface area contributed by atoms with Crippen molar-refractivity contribution in [3.63, 3.8) is 0 Å². The van der Waals surface area contributed by atoms with E-state index in [2.05, 4.69) is 38.2 Å². The molecule has 10 heteroatoms. The van der Waals surface area contributed by atoms with Crippen LogP contribution in [0.1, 0.15) is 194 Å². The van der Waals surface area contributed by atoms with E-state index >= 15 is 0 Å². The second-order valence-electron chi connectivity index (χ2n) is 14.6. The van der Waals surface area contributed by atoms with Crippen LogP contribution in [-0.2, 0) is 32.7 Å². The van der Waals surface area contributed by atoms with Gasteiger partial charge in [0.05, 0.1) is 13.2 Å². The highest BCUT2D eigenvalue weighted by Crippen LogP contribution is 2.43. The number of rotatable bonds is 41. The van der Waals surface area contributed by atoms with Gasteiger partial charge in [-0.2, -0.15) is 0 Å². The minimum Gasteiger partial charge on any atom is -0.462 e. The number of phosphoric ester groups is 1. The minimum atomic E-state index is -4.40. The highest BCUT2D eigenvalue weighted by atomic mass is 31.2. The Bertz CT molecular complexity index is 1040. The molecule has 9 nitrogen and oxygen atoms in total. The Hall–Kier alpha value is -2.03. The van der Waals surface area contributed by atoms with Gasteiger partial charge in [0.1, 0.15) is 6.61 Å². The summed E-state index contributed by atoms with van der Waals surface area (Å²) in [5, 5.41) is 0. The van der Waals surface area contributed by atoms with E-state index in [0.717, 1.165) is 44.9 Å². The molecular formula is C45H82NO8P. The van der Waals surface area contributed by atoms with Crippen molar-refractivity contribution in [1.29, 1.82) is 0 Å². The normalized spacial score (nSPS) is 13.7. The first kappa shape index (κ1) is 53.0. The molecule has 0 spiro atoms. The maximum atomic E-state index is 12.5. The number of hydrogen-bond donors (Lipinski definition) is 2. The van der Waals surface area contributed by atoms with Gasteiger partial charge in [-0.3, -0.25) is 13.8 Å². The van der Waals surface area contributed by atoms with Crippen LogP contribution in [-0.4, -0.2) is 49.3 Å². The lowest BCUT2D eigenvalue weighted by atomic mass is 10.1. The third-order valence-electron chi connectivity index (χ3n) is 9.29. The summed E-state index contributed by atoms with van der Waals surface area (Å²) in [6.07, 6.45) is 47.7. The second-order valence-corrected chi connectivity index (χ2v) is 16.1. The van der Waals surface area contributed by atoms with Gasteiger partial charge in [-0.1, -0.05) is 178 Å². The van der Waals surface area contributed by atoms with Gasteiger partial charge in [0.15, 0.2) is 6.10 Å². The van der Waals surface area contributed by atoms with Crippen LogP contribution in [0.5, 0.6) is 0 Å². The first-order chi connectivity index (χ1) is 26.8. The van der Waals surface area contributed by atoms with Crippen LogP contribution >= 0.6 is 7.82 Å². The zero-order chi connectivity index (χ0) is 40.3. The van der Waals surface area contributed by atoms with Gasteiger partial charge in [-0.25, -0.2) is 9.36 Å². The fourth-order valence-electron chi connectivity index (χ4n) is 5.98. The van der Waals surface area contributed by atoms with Gasteiger partial charge < -0.3 is 20.1 Å². The number of unbranched alkanes of at least 4 members (excludes halogenated alkanes) is 23. The van der Waals surface area contributed by atoms with Gasteiger partial charge in [0, 0.05) is 19.0 Å². The van der Waals surface area contributed by atoms with Crippen molar-refractivity contribution in [2.24, 2.45) is 5.73 Å². The van der Waals surface area contributed by atoms with Crippen molar-refractivity contribution in [3.8, 4) is 0 Å². The molecule has 2 atom stereocenters. The minimum absolute atomic E-state index is 0.0391. The van der Waals surface area contributed by atoms with Crippen LogP contribution in [0, 0.1) is 0 Å². The number of allylic oxidation sites excluding steroid dienone is 7. The molecule has 0 aliphatic heterocycles. The number of nitrogens with two attached hydrogens (primary N) is 1. The van der Waals surface area contributed by atoms with Crippen LogP contribution in [0.3, 0.4) is 0 Å². The van der Waals surface area contributed by atoms with Crippen molar-refractivity contribution in [2.75, 3.05) is 26.4 Å². The molecule has 0 aliphatic rings. The van der Waals surface area contributed by atoms with Crippen LogP contribution in [0.25, 0.3) is 0 Å². The zero-order valence-corrected chi connectivity index (χ0v) is 36.0. The van der Waals surface area contributed by atoms with E-state index in [4.69, 9.17) is 24.3 Å². The Kier molecular flexibility index (Phi) is 40.1. The third-order valence-corrected chi connectivity index (χ3v) is 10.3. The summed E-state index contributed by atoms with van der Waals surface area (Å²) in [7, 11) is -4.40. The summed E-state index contributed by atoms with van der Waals surface area (Å²) in [5.74, 6) is -1.08. The summed E-state index contributed by atoms with van der Waals surface area (Å²) < 4.78 is 32.6. The predicted octanol–water partition coefficient (Wildman–Crippen LogP) is 12.7. The molecule has 0 aromatic rings. The van der Waals surface area contributed by atoms with Crippen LogP contribution < -0.4 is 5.73 Å². The predicted molar refractivity (Wildman–Crippen MR) is 229 cm³/mol. The number of hydrogen-bond acceptors (Lipinski definition) is 8. The lowest BCUT2D eigenvalue weighted by Crippen LogP contribution is -2.29. The average molecular weight is 796 g/mol. The van der Waals surface area contributed by atoms with E-state index in [9.17, 15) is 19.0 Å². The topological polar surface area (TPSA) is 134 Å². The summed E-state index contributed by atoms with van der Waals surface area (Å²) in [5.41, 5.74) is 5.34. The molecule has 0 radical (unpaired) electrons. The molecule has 3 N–H and O–H groups in total. The summed E-state index contributed by atoms with van der Waals surface area (Å²) >= 11 is 0. The largest absolute Gasteiger partial charge is 0.472 e. The number of phosphoric acid groups is 1. The van der Waals surface area contributed by atoms with E-state index in [0.29, 0.717) is 6.42 Å². The quantitative estimate of drug-likeness (QED) is 0.0155. The van der Waals surface area contributed by atoms with Crippen molar-refractivity contribution >= 4 is 19.8 Å². The Morgan fingerprint density at radius 2 is 1.07 bits per heavy atom. The lowest BCUT2D eigenvalue weighted by Gasteiger charge is -2.19. The van der Waals surface area contributed by atoms with Crippen molar-refractivity contribution in [2.45, 2.75) is 200 Å². The average Bonchev–Trinajstić information content (AvgIpc) is 3.17. The molecule has 55 heavy (non-hydrogen) atoms. The lowest BCUT2D eigenvalue weighted by molar-refractivity contribution is -0.157. The Balaban J connectivity index is 4.21. The molecular weight excluding hydrogens is 713 g/mol. The molecule has 0 aromatic heterocycles. The van der Waals surface area contributed by atoms with Gasteiger partial charge in [-0.15, -0.1) is 0 Å². The van der Waals surface area contributed by atoms with Crippen molar-refractivity contribution in [1.82, 2.24) is 0 Å². The second kappa shape index (κ2) is 41.6. The number of carbonyl (C=O) groups excluding carboxylic acids is 2. The van der Waals surface area contributed by atoms with Gasteiger partial charge >= 0.3 is 19.8 Å². The number of ether oxygens (including phenoxy) is 2. The number of carbonyl (C=O) groups is 2. The fraction of sp³-hybridized carbons (Fsp3) is 0.778. The van der Waals surface area contributed by atoms with Crippen LogP contribution in [0.15, 0.2) is 48.6 Å². The molecule has 0 saturated carbocycles. The molecule has 0 fully saturated rings. The summed E-state index contributed by atoms with van der Waals surface area (Å²) in [4.78, 5) is 34.7. The zero-order valence-electron chi connectivity index (χ0n) is 35.2. The molecule has 1 unspecified atom stereocenters. The molecule has 0 heterocycles. The van der Waals surface area contributed by atoms with Crippen molar-refractivity contribution < 1.29 is 37.6 Å². The molecule has 320 valence electrons. The molecule has 0 bridgehead atoms. The Morgan fingerprint density at radius 3 is 1.62 bits per heavy atom. The van der Waals surface area contributed by atoms with Gasteiger partial charge in [-0.05, 0) is 51.4 Å². The van der Waals surface area contributed by atoms with Gasteiger partial charge in [0.25, 0.3) is 0 Å². The van der Waals surface area contributed by atoms with E-state index < -0.39 is 32.5 Å².